The Morgan fingerprint density at radius 2 is 1.72 bits per heavy atom. The fourth-order valence-electron chi connectivity index (χ4n) is 8.50. The second-order valence-corrected chi connectivity index (χ2v) is 13.5. The number of fused-ring (bicyclic) bond motifs is 1. The maximum Gasteiger partial charge on any atom is 0.0701 e. The van der Waals surface area contributed by atoms with Gasteiger partial charge in [0.2, 0.25) is 0 Å². The van der Waals surface area contributed by atoms with Crippen molar-refractivity contribution in [2.75, 3.05) is 13.2 Å². The van der Waals surface area contributed by atoms with Crippen LogP contribution in [0.3, 0.4) is 0 Å². The average molecular weight is 449 g/mol. The topological polar surface area (TPSA) is 29.5 Å². The van der Waals surface area contributed by atoms with Gasteiger partial charge in [-0.05, 0) is 97.7 Å². The Labute approximate surface area is 200 Å². The summed E-state index contributed by atoms with van der Waals surface area (Å²) in [6.07, 6.45) is 18.5. The van der Waals surface area contributed by atoms with Crippen molar-refractivity contribution in [1.29, 1.82) is 0 Å². The van der Waals surface area contributed by atoms with Crippen LogP contribution in [0.25, 0.3) is 0 Å². The summed E-state index contributed by atoms with van der Waals surface area (Å²) in [4.78, 5) is 0. The molecule has 188 valence electrons. The van der Waals surface area contributed by atoms with Gasteiger partial charge in [0, 0.05) is 0 Å². The van der Waals surface area contributed by atoms with Gasteiger partial charge < -0.3 is 9.84 Å². The van der Waals surface area contributed by atoms with E-state index in [-0.39, 0.29) is 6.61 Å². The largest absolute Gasteiger partial charge is 0.394 e. The van der Waals surface area contributed by atoms with E-state index in [1.165, 1.54) is 83.5 Å². The van der Waals surface area contributed by atoms with Crippen LogP contribution in [0.5, 0.6) is 0 Å². The molecule has 0 bridgehead atoms. The molecule has 0 saturated heterocycles. The maximum atomic E-state index is 9.16. The Hall–Kier alpha value is -0.0800. The van der Waals surface area contributed by atoms with Crippen LogP contribution in [0.1, 0.15) is 125 Å². The predicted molar refractivity (Wildman–Crippen MR) is 137 cm³/mol. The van der Waals surface area contributed by atoms with E-state index in [2.05, 4.69) is 41.5 Å². The molecule has 3 saturated carbocycles. The van der Waals surface area contributed by atoms with Gasteiger partial charge in [0.1, 0.15) is 0 Å². The van der Waals surface area contributed by atoms with Gasteiger partial charge in [0.25, 0.3) is 0 Å². The number of hydrogen-bond acceptors (Lipinski definition) is 2. The standard InChI is InChI=1S/C30H56O2/c1-22(2)9-7-10-23(3)27-14-15-28-24(11-8-17-30(27,28)6)12-13-25-21-26(32-20-19-31)16-18-29(25,4)5/h22-28,31H,7-21H2,1-6H3/t23-,24+,25+,26+,27-,28+,30-/m1/s1. The quantitative estimate of drug-likeness (QED) is 0.344. The highest BCUT2D eigenvalue weighted by atomic mass is 16.5. The van der Waals surface area contributed by atoms with Crippen LogP contribution in [-0.2, 0) is 4.74 Å². The van der Waals surface area contributed by atoms with Gasteiger partial charge in [-0.15, -0.1) is 0 Å². The van der Waals surface area contributed by atoms with E-state index in [4.69, 9.17) is 9.84 Å². The van der Waals surface area contributed by atoms with E-state index in [1.54, 1.807) is 0 Å². The summed E-state index contributed by atoms with van der Waals surface area (Å²) in [6, 6.07) is 0. The highest BCUT2D eigenvalue weighted by Crippen LogP contribution is 2.61. The van der Waals surface area contributed by atoms with Crippen molar-refractivity contribution in [3.05, 3.63) is 0 Å². The summed E-state index contributed by atoms with van der Waals surface area (Å²) in [5, 5.41) is 9.16. The van der Waals surface area contributed by atoms with Gasteiger partial charge in [-0.2, -0.15) is 0 Å². The van der Waals surface area contributed by atoms with Crippen LogP contribution in [0.4, 0.5) is 0 Å². The SMILES string of the molecule is CC(C)CCC[C@@H](C)[C@H]1CC[C@H]2[C@H](CC[C@H]3C[C@@H](OCCO)CCC3(C)C)CCC[C@]12C. The van der Waals surface area contributed by atoms with Crippen LogP contribution in [0, 0.1) is 46.3 Å². The van der Waals surface area contributed by atoms with E-state index in [9.17, 15) is 0 Å². The van der Waals surface area contributed by atoms with Gasteiger partial charge in [-0.3, -0.25) is 0 Å². The highest BCUT2D eigenvalue weighted by Gasteiger charge is 2.52. The van der Waals surface area contributed by atoms with E-state index in [1.807, 2.05) is 0 Å². The van der Waals surface area contributed by atoms with Crippen LogP contribution >= 0.6 is 0 Å². The maximum absolute atomic E-state index is 9.16. The minimum Gasteiger partial charge on any atom is -0.394 e. The van der Waals surface area contributed by atoms with Crippen molar-refractivity contribution in [3.8, 4) is 0 Å². The van der Waals surface area contributed by atoms with Crippen LogP contribution < -0.4 is 0 Å². The summed E-state index contributed by atoms with van der Waals surface area (Å²) in [6.45, 7) is 15.7. The molecular formula is C30H56O2. The summed E-state index contributed by atoms with van der Waals surface area (Å²) in [5.74, 6) is 5.43. The number of rotatable bonds is 11. The second-order valence-electron chi connectivity index (χ2n) is 13.5. The fraction of sp³-hybridized carbons (Fsp3) is 1.00. The van der Waals surface area contributed by atoms with Crippen LogP contribution in [0.2, 0.25) is 0 Å². The van der Waals surface area contributed by atoms with Gasteiger partial charge >= 0.3 is 0 Å². The molecule has 0 heterocycles. The molecule has 0 aromatic rings. The summed E-state index contributed by atoms with van der Waals surface area (Å²) in [5.41, 5.74) is 1.05. The summed E-state index contributed by atoms with van der Waals surface area (Å²) >= 11 is 0. The Morgan fingerprint density at radius 3 is 2.44 bits per heavy atom. The number of aliphatic hydroxyl groups excluding tert-OH is 1. The number of hydrogen-bond donors (Lipinski definition) is 1. The third kappa shape index (κ3) is 6.32. The average Bonchev–Trinajstić information content (AvgIpc) is 3.09. The highest BCUT2D eigenvalue weighted by molar-refractivity contribution is 5.01. The molecule has 3 rings (SSSR count). The molecule has 1 N–H and O–H groups in total. The molecule has 32 heavy (non-hydrogen) atoms. The van der Waals surface area contributed by atoms with E-state index < -0.39 is 0 Å². The lowest BCUT2D eigenvalue weighted by molar-refractivity contribution is -0.0420. The predicted octanol–water partition coefficient (Wildman–Crippen LogP) is 8.27. The van der Waals surface area contributed by atoms with Gasteiger partial charge in [0.05, 0.1) is 19.3 Å². The third-order valence-corrected chi connectivity index (χ3v) is 10.6. The smallest absolute Gasteiger partial charge is 0.0701 e. The van der Waals surface area contributed by atoms with Crippen molar-refractivity contribution in [3.63, 3.8) is 0 Å². The molecule has 2 nitrogen and oxygen atoms in total. The first kappa shape index (κ1) is 26.5. The lowest BCUT2D eigenvalue weighted by atomic mass is 9.57. The zero-order valence-corrected chi connectivity index (χ0v) is 22.5. The third-order valence-electron chi connectivity index (χ3n) is 10.6. The molecule has 0 aliphatic heterocycles. The molecule has 0 aromatic carbocycles. The molecule has 0 aromatic heterocycles. The second kappa shape index (κ2) is 11.6. The zero-order valence-electron chi connectivity index (χ0n) is 22.5. The lowest BCUT2D eigenvalue weighted by Crippen LogP contribution is -2.40. The molecule has 0 amide bonds. The molecule has 2 heteroatoms. The Kier molecular flexibility index (Phi) is 9.59. The molecule has 0 spiro atoms. The van der Waals surface area contributed by atoms with E-state index in [0.29, 0.717) is 23.5 Å². The molecular weight excluding hydrogens is 392 g/mol. The summed E-state index contributed by atoms with van der Waals surface area (Å²) in [7, 11) is 0. The molecule has 0 unspecified atom stereocenters. The lowest BCUT2D eigenvalue weighted by Gasteiger charge is -2.48. The Bertz CT molecular complexity index is 555. The van der Waals surface area contributed by atoms with Gasteiger partial charge in [-0.25, -0.2) is 0 Å². The minimum atomic E-state index is 0.157. The Balaban J connectivity index is 1.56. The first-order valence-corrected chi connectivity index (χ1v) is 14.4. The van der Waals surface area contributed by atoms with E-state index >= 15 is 0 Å². The first-order valence-electron chi connectivity index (χ1n) is 14.4. The van der Waals surface area contributed by atoms with Crippen molar-refractivity contribution >= 4 is 0 Å². The molecule has 3 aliphatic carbocycles. The van der Waals surface area contributed by atoms with Crippen molar-refractivity contribution in [2.45, 2.75) is 131 Å². The zero-order chi connectivity index (χ0) is 23.4. The molecule has 7 atom stereocenters. The van der Waals surface area contributed by atoms with Crippen LogP contribution in [0.15, 0.2) is 0 Å². The molecule has 3 aliphatic rings. The minimum absolute atomic E-state index is 0.157. The monoisotopic (exact) mass is 448 g/mol. The van der Waals surface area contributed by atoms with Crippen molar-refractivity contribution in [1.82, 2.24) is 0 Å². The van der Waals surface area contributed by atoms with Gasteiger partial charge in [-0.1, -0.05) is 73.6 Å². The first-order chi connectivity index (χ1) is 15.2. The fourth-order valence-corrected chi connectivity index (χ4v) is 8.50. The van der Waals surface area contributed by atoms with E-state index in [0.717, 1.165) is 35.5 Å². The number of aliphatic hydroxyl groups is 1. The molecule has 0 radical (unpaired) electrons. The Morgan fingerprint density at radius 1 is 0.938 bits per heavy atom. The summed E-state index contributed by atoms with van der Waals surface area (Å²) < 4.78 is 5.97. The van der Waals surface area contributed by atoms with Crippen LogP contribution in [-0.4, -0.2) is 24.4 Å². The van der Waals surface area contributed by atoms with Crippen molar-refractivity contribution in [2.24, 2.45) is 46.3 Å². The number of ether oxygens (including phenoxy) is 1. The molecule has 3 fully saturated rings. The van der Waals surface area contributed by atoms with Gasteiger partial charge in [0.15, 0.2) is 0 Å². The van der Waals surface area contributed by atoms with Crippen molar-refractivity contribution < 1.29 is 9.84 Å². The normalized spacial score (nSPS) is 38.1.